The lowest BCUT2D eigenvalue weighted by Gasteiger charge is -2.20. The summed E-state index contributed by atoms with van der Waals surface area (Å²) in [6.45, 7) is 1.53. The molecule has 1 amide bonds. The summed E-state index contributed by atoms with van der Waals surface area (Å²) < 4.78 is 4.73. The van der Waals surface area contributed by atoms with Crippen molar-refractivity contribution in [2.24, 2.45) is 0 Å². The molecule has 1 aliphatic heterocycles. The van der Waals surface area contributed by atoms with Crippen molar-refractivity contribution in [1.29, 1.82) is 0 Å². The number of nitro benzene ring substituents is 1. The minimum Gasteiger partial charge on any atom is -0.469 e. The molecule has 2 aromatic rings. The number of benzene rings is 2. The number of hydrogen-bond acceptors (Lipinski definition) is 6. The van der Waals surface area contributed by atoms with E-state index >= 15 is 0 Å². The molecule has 0 aliphatic carbocycles. The Kier molecular flexibility index (Phi) is 6.43. The molecule has 0 bridgehead atoms. The zero-order valence-corrected chi connectivity index (χ0v) is 16.2. The van der Waals surface area contributed by atoms with Crippen LogP contribution in [-0.2, 0) is 9.53 Å². The van der Waals surface area contributed by atoms with E-state index in [1.807, 2.05) is 11.0 Å². The van der Waals surface area contributed by atoms with E-state index < -0.39 is 22.8 Å². The monoisotopic (exact) mass is 397 g/mol. The molecule has 152 valence electrons. The smallest absolute Gasteiger partial charge is 0.307 e. The maximum absolute atomic E-state index is 12.8. The largest absolute Gasteiger partial charge is 0.469 e. The maximum Gasteiger partial charge on any atom is 0.307 e. The van der Waals surface area contributed by atoms with Crippen LogP contribution in [0.5, 0.6) is 0 Å². The summed E-state index contributed by atoms with van der Waals surface area (Å²) >= 11 is 0. The number of amides is 1. The normalized spacial score (nSPS) is 14.3. The van der Waals surface area contributed by atoms with Crippen LogP contribution < -0.4 is 10.2 Å². The summed E-state index contributed by atoms with van der Waals surface area (Å²) in [6, 6.07) is 12.9. The van der Waals surface area contributed by atoms with Crippen LogP contribution in [0, 0.1) is 10.1 Å². The van der Waals surface area contributed by atoms with Gasteiger partial charge in [-0.05, 0) is 30.5 Å². The maximum atomic E-state index is 12.8. The topological polar surface area (TPSA) is 102 Å². The predicted octanol–water partition coefficient (Wildman–Crippen LogP) is 3.23. The van der Waals surface area contributed by atoms with Gasteiger partial charge in [-0.3, -0.25) is 19.7 Å². The summed E-state index contributed by atoms with van der Waals surface area (Å²) in [7, 11) is 1.28. The second-order valence-electron chi connectivity index (χ2n) is 6.87. The molecular formula is C21H23N3O5. The first-order valence-electron chi connectivity index (χ1n) is 9.45. The van der Waals surface area contributed by atoms with Crippen molar-refractivity contribution in [2.75, 3.05) is 25.1 Å². The van der Waals surface area contributed by atoms with Gasteiger partial charge in [0.15, 0.2) is 0 Å². The molecule has 0 saturated carbocycles. The van der Waals surface area contributed by atoms with Crippen LogP contribution in [-0.4, -0.2) is 37.0 Å². The number of carbonyl (C=O) groups is 2. The van der Waals surface area contributed by atoms with Crippen LogP contribution in [0.4, 0.5) is 11.4 Å². The molecule has 29 heavy (non-hydrogen) atoms. The molecule has 8 heteroatoms. The number of anilines is 1. The molecule has 3 rings (SSSR count). The van der Waals surface area contributed by atoms with Crippen LogP contribution in [0.15, 0.2) is 48.5 Å². The van der Waals surface area contributed by atoms with E-state index in [0.717, 1.165) is 31.5 Å². The fourth-order valence-corrected chi connectivity index (χ4v) is 3.47. The van der Waals surface area contributed by atoms with Gasteiger partial charge in [-0.2, -0.15) is 0 Å². The van der Waals surface area contributed by atoms with Crippen LogP contribution in [0.3, 0.4) is 0 Å². The van der Waals surface area contributed by atoms with Gasteiger partial charge >= 0.3 is 5.97 Å². The van der Waals surface area contributed by atoms with Crippen LogP contribution in [0.2, 0.25) is 0 Å². The summed E-state index contributed by atoms with van der Waals surface area (Å²) in [5, 5.41) is 14.4. The molecule has 1 atom stereocenters. The molecule has 0 spiro atoms. The van der Waals surface area contributed by atoms with Crippen molar-refractivity contribution in [3.05, 3.63) is 69.8 Å². The van der Waals surface area contributed by atoms with Gasteiger partial charge in [-0.25, -0.2) is 0 Å². The molecule has 1 saturated heterocycles. The van der Waals surface area contributed by atoms with E-state index in [1.54, 1.807) is 36.4 Å². The van der Waals surface area contributed by atoms with Gasteiger partial charge in [0.1, 0.15) is 5.69 Å². The van der Waals surface area contributed by atoms with E-state index in [1.165, 1.54) is 13.2 Å². The lowest BCUT2D eigenvalue weighted by molar-refractivity contribution is -0.384. The highest BCUT2D eigenvalue weighted by molar-refractivity contribution is 5.96. The first-order valence-corrected chi connectivity index (χ1v) is 9.45. The van der Waals surface area contributed by atoms with Gasteiger partial charge in [0, 0.05) is 24.7 Å². The lowest BCUT2D eigenvalue weighted by Crippen LogP contribution is -2.30. The third-order valence-corrected chi connectivity index (χ3v) is 4.99. The molecule has 0 radical (unpaired) electrons. The van der Waals surface area contributed by atoms with E-state index in [2.05, 4.69) is 5.32 Å². The molecule has 1 fully saturated rings. The third kappa shape index (κ3) is 4.90. The lowest BCUT2D eigenvalue weighted by atomic mass is 10.0. The highest BCUT2D eigenvalue weighted by Crippen LogP contribution is 2.32. The van der Waals surface area contributed by atoms with E-state index in [4.69, 9.17) is 4.74 Å². The Morgan fingerprint density at radius 2 is 1.86 bits per heavy atom. The first kappa shape index (κ1) is 20.3. The quantitative estimate of drug-likeness (QED) is 0.437. The van der Waals surface area contributed by atoms with Crippen molar-refractivity contribution in [3.8, 4) is 0 Å². The number of nitrogens with zero attached hydrogens (tertiary/aromatic N) is 2. The van der Waals surface area contributed by atoms with Crippen molar-refractivity contribution in [3.63, 3.8) is 0 Å². The van der Waals surface area contributed by atoms with Gasteiger partial charge in [-0.1, -0.05) is 30.3 Å². The highest BCUT2D eigenvalue weighted by atomic mass is 16.6. The number of carbonyl (C=O) groups excluding carboxylic acids is 2. The number of esters is 1. The molecule has 2 aromatic carbocycles. The fourth-order valence-electron chi connectivity index (χ4n) is 3.47. The Morgan fingerprint density at radius 3 is 2.48 bits per heavy atom. The molecule has 0 aromatic heterocycles. The van der Waals surface area contributed by atoms with Crippen LogP contribution in [0.25, 0.3) is 0 Å². The number of rotatable bonds is 7. The number of nitro groups is 1. The molecule has 1 aliphatic rings. The second kappa shape index (κ2) is 9.18. The summed E-state index contributed by atoms with van der Waals surface area (Å²) in [4.78, 5) is 37.7. The number of ether oxygens (including phenoxy) is 1. The van der Waals surface area contributed by atoms with Crippen molar-refractivity contribution in [1.82, 2.24) is 5.32 Å². The number of hydrogen-bond donors (Lipinski definition) is 1. The van der Waals surface area contributed by atoms with Gasteiger partial charge in [0.05, 0.1) is 24.5 Å². The van der Waals surface area contributed by atoms with E-state index in [9.17, 15) is 19.7 Å². The summed E-state index contributed by atoms with van der Waals surface area (Å²) in [5.41, 5.74) is 1.35. The van der Waals surface area contributed by atoms with Gasteiger partial charge in [0.2, 0.25) is 0 Å². The highest BCUT2D eigenvalue weighted by Gasteiger charge is 2.25. The van der Waals surface area contributed by atoms with Crippen molar-refractivity contribution >= 4 is 23.3 Å². The molecule has 1 N–H and O–H groups in total. The van der Waals surface area contributed by atoms with Crippen molar-refractivity contribution < 1.29 is 19.2 Å². The fraction of sp³-hybridized carbons (Fsp3) is 0.333. The average molecular weight is 397 g/mol. The third-order valence-electron chi connectivity index (χ3n) is 4.99. The Balaban J connectivity index is 1.84. The Bertz CT molecular complexity index is 894. The predicted molar refractivity (Wildman–Crippen MR) is 108 cm³/mol. The molecule has 1 heterocycles. The number of nitrogens with one attached hydrogen (secondary N) is 1. The minimum absolute atomic E-state index is 0.0415. The second-order valence-corrected chi connectivity index (χ2v) is 6.87. The van der Waals surface area contributed by atoms with Crippen molar-refractivity contribution in [2.45, 2.75) is 25.3 Å². The first-order chi connectivity index (χ1) is 14.0. The number of methoxy groups -OCH3 is 1. The minimum atomic E-state index is -0.603. The van der Waals surface area contributed by atoms with Gasteiger partial charge < -0.3 is 15.0 Å². The summed E-state index contributed by atoms with van der Waals surface area (Å²) in [6.07, 6.45) is 1.94. The Labute approximate surface area is 168 Å². The van der Waals surface area contributed by atoms with Crippen LogP contribution in [0.1, 0.15) is 41.2 Å². The zero-order chi connectivity index (χ0) is 20.8. The standard InChI is InChI=1S/C21H23N3O5/c1-29-20(25)14-17(15-7-3-2-4-8-15)22-21(26)16-9-10-18(19(13-16)24(27)28)23-11-5-6-12-23/h2-4,7-10,13,17H,5-6,11-12,14H2,1H3,(H,22,26). The average Bonchev–Trinajstić information content (AvgIpc) is 3.28. The Morgan fingerprint density at radius 1 is 1.17 bits per heavy atom. The zero-order valence-electron chi connectivity index (χ0n) is 16.2. The van der Waals surface area contributed by atoms with E-state index in [0.29, 0.717) is 5.69 Å². The Hall–Kier alpha value is -3.42. The van der Waals surface area contributed by atoms with Crippen LogP contribution >= 0.6 is 0 Å². The summed E-state index contributed by atoms with van der Waals surface area (Å²) in [5.74, 6) is -0.951. The molecule has 8 nitrogen and oxygen atoms in total. The van der Waals surface area contributed by atoms with E-state index in [-0.39, 0.29) is 17.7 Å². The molecule has 1 unspecified atom stereocenters. The SMILES string of the molecule is COC(=O)CC(NC(=O)c1ccc(N2CCCC2)c([N+](=O)[O-])c1)c1ccccc1. The van der Waals surface area contributed by atoms with Gasteiger partial charge in [-0.15, -0.1) is 0 Å². The molecular weight excluding hydrogens is 374 g/mol. The van der Waals surface area contributed by atoms with Gasteiger partial charge in [0.25, 0.3) is 11.6 Å².